The van der Waals surface area contributed by atoms with Crippen molar-refractivity contribution in [2.24, 2.45) is 0 Å². The molecule has 0 aliphatic heterocycles. The van der Waals surface area contributed by atoms with E-state index in [9.17, 15) is 9.59 Å². The fraction of sp³-hybridized carbons (Fsp3) is 0.222. The lowest BCUT2D eigenvalue weighted by Crippen LogP contribution is -2.39. The molecule has 3 amide bonds. The van der Waals surface area contributed by atoms with Gasteiger partial charge in [-0.3, -0.25) is 4.79 Å². The topological polar surface area (TPSA) is 79.5 Å². The monoisotopic (exact) mass is 327 g/mol. The predicted octanol–water partition coefficient (Wildman–Crippen LogP) is 2.18. The number of carbonyl (C=O) groups is 2. The first kappa shape index (κ1) is 17.3. The summed E-state index contributed by atoms with van der Waals surface area (Å²) >= 11 is 0. The molecule has 2 aromatic rings. The molecule has 0 spiro atoms. The Morgan fingerprint density at radius 1 is 0.958 bits per heavy atom. The van der Waals surface area contributed by atoms with Crippen LogP contribution < -0.4 is 20.7 Å². The van der Waals surface area contributed by atoms with Crippen LogP contribution >= 0.6 is 0 Å². The van der Waals surface area contributed by atoms with Crippen molar-refractivity contribution >= 4 is 17.6 Å². The third-order valence-corrected chi connectivity index (χ3v) is 3.34. The Balaban J connectivity index is 1.64. The minimum atomic E-state index is -0.432. The highest BCUT2D eigenvalue weighted by atomic mass is 16.5. The van der Waals surface area contributed by atoms with E-state index in [1.54, 1.807) is 31.4 Å². The Labute approximate surface area is 141 Å². The van der Waals surface area contributed by atoms with Crippen molar-refractivity contribution < 1.29 is 14.3 Å². The van der Waals surface area contributed by atoms with E-state index >= 15 is 0 Å². The van der Waals surface area contributed by atoms with Crippen molar-refractivity contribution in [2.75, 3.05) is 25.5 Å². The molecule has 0 unspecified atom stereocenters. The number of rotatable bonds is 7. The fourth-order valence-corrected chi connectivity index (χ4v) is 2.06. The highest BCUT2D eigenvalue weighted by molar-refractivity contribution is 5.92. The Morgan fingerprint density at radius 3 is 2.33 bits per heavy atom. The minimum absolute atomic E-state index is 0.0726. The minimum Gasteiger partial charge on any atom is -0.497 e. The zero-order valence-electron chi connectivity index (χ0n) is 13.5. The molecule has 0 aliphatic rings. The van der Waals surface area contributed by atoms with Gasteiger partial charge in [0.05, 0.1) is 13.7 Å². The molecule has 126 valence electrons. The zero-order valence-corrected chi connectivity index (χ0v) is 13.5. The molecule has 0 heterocycles. The fourth-order valence-electron chi connectivity index (χ4n) is 2.06. The van der Waals surface area contributed by atoms with Crippen molar-refractivity contribution in [1.82, 2.24) is 10.6 Å². The predicted molar refractivity (Wildman–Crippen MR) is 93.2 cm³/mol. The van der Waals surface area contributed by atoms with Gasteiger partial charge in [0.2, 0.25) is 5.91 Å². The second-order valence-corrected chi connectivity index (χ2v) is 5.12. The van der Waals surface area contributed by atoms with Crippen molar-refractivity contribution in [3.63, 3.8) is 0 Å². The van der Waals surface area contributed by atoms with E-state index in [0.717, 1.165) is 12.0 Å². The van der Waals surface area contributed by atoms with E-state index in [1.807, 2.05) is 30.3 Å². The zero-order chi connectivity index (χ0) is 17.2. The van der Waals surface area contributed by atoms with E-state index in [-0.39, 0.29) is 12.5 Å². The maximum atomic E-state index is 11.7. The number of hydrogen-bond donors (Lipinski definition) is 3. The van der Waals surface area contributed by atoms with E-state index in [2.05, 4.69) is 16.0 Å². The van der Waals surface area contributed by atoms with Crippen LogP contribution in [0, 0.1) is 0 Å². The van der Waals surface area contributed by atoms with Gasteiger partial charge in [0, 0.05) is 12.2 Å². The lowest BCUT2D eigenvalue weighted by molar-refractivity contribution is -0.120. The summed E-state index contributed by atoms with van der Waals surface area (Å²) in [5.74, 6) is 0.481. The van der Waals surface area contributed by atoms with Gasteiger partial charge in [0.25, 0.3) is 0 Å². The first-order valence-corrected chi connectivity index (χ1v) is 7.67. The standard InChI is InChI=1S/C18H21N3O3/c1-24-16-9-7-15(8-10-16)21-18(23)20-13-17(22)19-12-11-14-5-3-2-4-6-14/h2-10H,11-13H2,1H3,(H,19,22)(H2,20,21,23). The van der Waals surface area contributed by atoms with Crippen molar-refractivity contribution in [1.29, 1.82) is 0 Å². The lowest BCUT2D eigenvalue weighted by atomic mass is 10.1. The molecule has 0 aromatic heterocycles. The van der Waals surface area contributed by atoms with Gasteiger partial charge in [0.1, 0.15) is 5.75 Å². The summed E-state index contributed by atoms with van der Waals surface area (Å²) in [5.41, 5.74) is 1.78. The number of ether oxygens (including phenoxy) is 1. The molecule has 0 saturated heterocycles. The normalized spacial score (nSPS) is 9.88. The molecule has 0 aliphatic carbocycles. The average molecular weight is 327 g/mol. The number of carbonyl (C=O) groups excluding carboxylic acids is 2. The van der Waals surface area contributed by atoms with Gasteiger partial charge >= 0.3 is 6.03 Å². The molecule has 0 saturated carbocycles. The Kier molecular flexibility index (Phi) is 6.64. The number of benzene rings is 2. The van der Waals surface area contributed by atoms with Crippen LogP contribution in [-0.2, 0) is 11.2 Å². The van der Waals surface area contributed by atoms with Gasteiger partial charge in [-0.25, -0.2) is 4.79 Å². The van der Waals surface area contributed by atoms with E-state index in [4.69, 9.17) is 4.74 Å². The molecule has 0 fully saturated rings. The third-order valence-electron chi connectivity index (χ3n) is 3.34. The summed E-state index contributed by atoms with van der Waals surface area (Å²) in [5, 5.41) is 7.93. The van der Waals surface area contributed by atoms with Gasteiger partial charge in [-0.1, -0.05) is 30.3 Å². The summed E-state index contributed by atoms with van der Waals surface area (Å²) in [6.07, 6.45) is 0.755. The molecule has 0 atom stereocenters. The highest BCUT2D eigenvalue weighted by Crippen LogP contribution is 2.14. The average Bonchev–Trinajstić information content (AvgIpc) is 2.61. The molecule has 3 N–H and O–H groups in total. The van der Waals surface area contributed by atoms with Gasteiger partial charge in [-0.05, 0) is 36.2 Å². The smallest absolute Gasteiger partial charge is 0.319 e. The number of methoxy groups -OCH3 is 1. The summed E-state index contributed by atoms with van der Waals surface area (Å²) in [6.45, 7) is 0.460. The third kappa shape index (κ3) is 6.00. The quantitative estimate of drug-likeness (QED) is 0.729. The van der Waals surface area contributed by atoms with Crippen LogP contribution in [0.4, 0.5) is 10.5 Å². The van der Waals surface area contributed by atoms with Crippen LogP contribution in [0.5, 0.6) is 5.75 Å². The molecular weight excluding hydrogens is 306 g/mol. The summed E-state index contributed by atoms with van der Waals surface area (Å²) in [6, 6.07) is 16.4. The van der Waals surface area contributed by atoms with Crippen LogP contribution in [0.25, 0.3) is 0 Å². The molecule has 0 bridgehead atoms. The maximum absolute atomic E-state index is 11.7. The lowest BCUT2D eigenvalue weighted by Gasteiger charge is -2.09. The van der Waals surface area contributed by atoms with Crippen LogP contribution in [0.2, 0.25) is 0 Å². The molecule has 2 aromatic carbocycles. The Hall–Kier alpha value is -3.02. The first-order chi connectivity index (χ1) is 11.7. The van der Waals surface area contributed by atoms with Gasteiger partial charge in [-0.15, -0.1) is 0 Å². The van der Waals surface area contributed by atoms with E-state index < -0.39 is 6.03 Å². The molecule has 6 nitrogen and oxygen atoms in total. The number of amides is 3. The Bertz CT molecular complexity index is 657. The number of urea groups is 1. The summed E-state index contributed by atoms with van der Waals surface area (Å²) in [7, 11) is 1.57. The van der Waals surface area contributed by atoms with Gasteiger partial charge < -0.3 is 20.7 Å². The van der Waals surface area contributed by atoms with Crippen LogP contribution in [-0.4, -0.2) is 32.1 Å². The van der Waals surface area contributed by atoms with Crippen molar-refractivity contribution in [3.05, 3.63) is 60.2 Å². The van der Waals surface area contributed by atoms with Gasteiger partial charge in [-0.2, -0.15) is 0 Å². The van der Waals surface area contributed by atoms with Crippen LogP contribution in [0.15, 0.2) is 54.6 Å². The van der Waals surface area contributed by atoms with E-state index in [0.29, 0.717) is 18.0 Å². The molecular formula is C18H21N3O3. The van der Waals surface area contributed by atoms with Gasteiger partial charge in [0.15, 0.2) is 0 Å². The largest absolute Gasteiger partial charge is 0.497 e. The number of hydrogen-bond acceptors (Lipinski definition) is 3. The SMILES string of the molecule is COc1ccc(NC(=O)NCC(=O)NCCc2ccccc2)cc1. The summed E-state index contributed by atoms with van der Waals surface area (Å²) < 4.78 is 5.04. The van der Waals surface area contributed by atoms with E-state index in [1.165, 1.54) is 0 Å². The summed E-state index contributed by atoms with van der Waals surface area (Å²) in [4.78, 5) is 23.4. The first-order valence-electron chi connectivity index (χ1n) is 7.67. The maximum Gasteiger partial charge on any atom is 0.319 e. The van der Waals surface area contributed by atoms with Crippen LogP contribution in [0.3, 0.4) is 0 Å². The molecule has 24 heavy (non-hydrogen) atoms. The number of nitrogens with one attached hydrogen (secondary N) is 3. The van der Waals surface area contributed by atoms with Crippen molar-refractivity contribution in [2.45, 2.75) is 6.42 Å². The second kappa shape index (κ2) is 9.19. The van der Waals surface area contributed by atoms with Crippen molar-refractivity contribution in [3.8, 4) is 5.75 Å². The van der Waals surface area contributed by atoms with Crippen LogP contribution in [0.1, 0.15) is 5.56 Å². The molecule has 2 rings (SSSR count). The second-order valence-electron chi connectivity index (χ2n) is 5.12. The molecule has 6 heteroatoms. The Morgan fingerprint density at radius 2 is 1.67 bits per heavy atom. The number of anilines is 1. The highest BCUT2D eigenvalue weighted by Gasteiger charge is 2.05. The molecule has 0 radical (unpaired) electrons.